The normalized spacial score (nSPS) is 11.2. The van der Waals surface area contributed by atoms with Gasteiger partial charge in [0.1, 0.15) is 6.07 Å². The monoisotopic (exact) mass is 299 g/mol. The van der Waals surface area contributed by atoms with E-state index in [0.29, 0.717) is 0 Å². The minimum Gasteiger partial charge on any atom is -0.382 e. The van der Waals surface area contributed by atoms with Crippen LogP contribution in [0, 0.1) is 16.7 Å². The summed E-state index contributed by atoms with van der Waals surface area (Å²) in [4.78, 5) is 24.5. The fourth-order valence-corrected chi connectivity index (χ4v) is 1.92. The Hall–Kier alpha value is -3.41. The lowest BCUT2D eigenvalue weighted by Crippen LogP contribution is -2.35. The zero-order valence-electron chi connectivity index (χ0n) is 11.9. The lowest BCUT2D eigenvalue weighted by atomic mass is 10.1. The van der Waals surface area contributed by atoms with Gasteiger partial charge < -0.3 is 5.73 Å². The molecule has 2 rings (SSSR count). The van der Waals surface area contributed by atoms with Gasteiger partial charge in [-0.1, -0.05) is 6.07 Å². The van der Waals surface area contributed by atoms with Crippen LogP contribution < -0.4 is 22.3 Å². The van der Waals surface area contributed by atoms with Gasteiger partial charge in [0.2, 0.25) is 5.71 Å². The number of aromatic nitrogens is 2. The van der Waals surface area contributed by atoms with Crippen molar-refractivity contribution in [3.63, 3.8) is 0 Å². The number of nitriles is 1. The summed E-state index contributed by atoms with van der Waals surface area (Å²) >= 11 is 0. The van der Waals surface area contributed by atoms with Crippen LogP contribution >= 0.6 is 0 Å². The molecule has 0 saturated carbocycles. The Kier molecular flexibility index (Phi) is 3.77. The minimum absolute atomic E-state index is 0.151. The van der Waals surface area contributed by atoms with Crippen molar-refractivity contribution in [2.45, 2.75) is 0 Å². The van der Waals surface area contributed by atoms with Gasteiger partial charge in [-0.25, -0.2) is 0 Å². The van der Waals surface area contributed by atoms with Crippen molar-refractivity contribution in [1.29, 1.82) is 10.7 Å². The van der Waals surface area contributed by atoms with Gasteiger partial charge in [0.05, 0.1) is 16.5 Å². The molecule has 0 spiro atoms. The van der Waals surface area contributed by atoms with Gasteiger partial charge in [-0.15, -0.1) is 0 Å². The molecule has 22 heavy (non-hydrogen) atoms. The van der Waals surface area contributed by atoms with Gasteiger partial charge in [0.15, 0.2) is 5.84 Å². The Labute approximate surface area is 124 Å². The van der Waals surface area contributed by atoms with Crippen LogP contribution in [-0.2, 0) is 14.1 Å². The molecule has 0 amide bonds. The summed E-state index contributed by atoms with van der Waals surface area (Å²) in [6.45, 7) is 0. The maximum Gasteiger partial charge on any atom is 0.275 e. The molecule has 1 heterocycles. The summed E-state index contributed by atoms with van der Waals surface area (Å²) < 4.78 is 2.38. The highest BCUT2D eigenvalue weighted by Gasteiger charge is 2.12. The molecule has 0 aliphatic carbocycles. The highest BCUT2D eigenvalue weighted by Crippen LogP contribution is 2.17. The second-order valence-corrected chi connectivity index (χ2v) is 4.48. The Morgan fingerprint density at radius 1 is 1.32 bits per heavy atom. The summed E-state index contributed by atoms with van der Waals surface area (Å²) in [5.41, 5.74) is 6.92. The van der Waals surface area contributed by atoms with E-state index in [4.69, 9.17) is 16.4 Å². The van der Waals surface area contributed by atoms with E-state index >= 15 is 0 Å². The second kappa shape index (κ2) is 5.53. The quantitative estimate of drug-likeness (QED) is 0.396. The first-order chi connectivity index (χ1) is 10.4. The van der Waals surface area contributed by atoms with Crippen LogP contribution in [-0.4, -0.2) is 20.9 Å². The molecule has 0 atom stereocenters. The molecule has 112 valence electrons. The first-order valence-electron chi connectivity index (χ1n) is 6.15. The largest absolute Gasteiger partial charge is 0.382 e. The number of nitrogens with zero attached hydrogens (tertiary/aromatic N) is 4. The van der Waals surface area contributed by atoms with Crippen LogP contribution in [0.15, 0.2) is 32.9 Å². The average Bonchev–Trinajstić information content (AvgIpc) is 2.50. The molecule has 9 nitrogen and oxygen atoms in total. The SMILES string of the molecule is Cn1c(=O)c2cccc(N/N=C(\C#N)C(=N)N)c2c(=O)n1C. The van der Waals surface area contributed by atoms with Crippen LogP contribution in [0.1, 0.15) is 0 Å². The number of hydrogen-bond acceptors (Lipinski definition) is 6. The second-order valence-electron chi connectivity index (χ2n) is 4.48. The molecule has 0 radical (unpaired) electrons. The van der Waals surface area contributed by atoms with Crippen molar-refractivity contribution in [2.24, 2.45) is 24.9 Å². The van der Waals surface area contributed by atoms with Crippen molar-refractivity contribution in [2.75, 3.05) is 5.43 Å². The molecule has 0 unspecified atom stereocenters. The topological polar surface area (TPSA) is 142 Å². The first-order valence-corrected chi connectivity index (χ1v) is 6.15. The predicted molar refractivity (Wildman–Crippen MR) is 83.0 cm³/mol. The number of nitrogens with one attached hydrogen (secondary N) is 2. The number of fused-ring (bicyclic) bond motifs is 1. The molecule has 9 heteroatoms. The molecule has 1 aromatic heterocycles. The lowest BCUT2D eigenvalue weighted by molar-refractivity contribution is 0.543. The summed E-state index contributed by atoms with van der Waals surface area (Å²) in [5.74, 6) is -0.501. The number of benzene rings is 1. The molecular formula is C13H13N7O2. The Morgan fingerprint density at radius 2 is 1.95 bits per heavy atom. The van der Waals surface area contributed by atoms with Crippen LogP contribution in [0.2, 0.25) is 0 Å². The van der Waals surface area contributed by atoms with Gasteiger partial charge in [-0.05, 0) is 12.1 Å². The van der Waals surface area contributed by atoms with Gasteiger partial charge >= 0.3 is 0 Å². The molecule has 0 saturated heterocycles. The number of hydrazone groups is 1. The Bertz CT molecular complexity index is 959. The van der Waals surface area contributed by atoms with Crippen LogP contribution in [0.5, 0.6) is 0 Å². The number of hydrogen-bond donors (Lipinski definition) is 3. The predicted octanol–water partition coefficient (Wildman–Crippen LogP) is -0.535. The van der Waals surface area contributed by atoms with Gasteiger partial charge in [-0.2, -0.15) is 10.4 Å². The zero-order chi connectivity index (χ0) is 16.4. The molecule has 2 aromatic rings. The van der Waals surface area contributed by atoms with Crippen molar-refractivity contribution in [3.8, 4) is 6.07 Å². The number of rotatable bonds is 3. The molecule has 0 fully saturated rings. The van der Waals surface area contributed by atoms with E-state index in [1.165, 1.54) is 29.5 Å². The molecule has 1 aromatic carbocycles. The van der Waals surface area contributed by atoms with E-state index in [2.05, 4.69) is 10.5 Å². The Balaban J connectivity index is 2.73. The number of nitrogens with two attached hydrogens (primary N) is 1. The van der Waals surface area contributed by atoms with E-state index in [-0.39, 0.29) is 27.7 Å². The summed E-state index contributed by atoms with van der Waals surface area (Å²) in [7, 11) is 2.96. The van der Waals surface area contributed by atoms with Crippen molar-refractivity contribution in [1.82, 2.24) is 9.36 Å². The zero-order valence-corrected chi connectivity index (χ0v) is 11.9. The summed E-state index contributed by atoms with van der Waals surface area (Å²) in [6, 6.07) is 6.31. The van der Waals surface area contributed by atoms with Crippen molar-refractivity contribution < 1.29 is 0 Å². The third-order valence-electron chi connectivity index (χ3n) is 3.20. The first kappa shape index (κ1) is 15.0. The van der Waals surface area contributed by atoms with Crippen LogP contribution in [0.25, 0.3) is 10.8 Å². The maximum atomic E-state index is 12.4. The van der Waals surface area contributed by atoms with E-state index < -0.39 is 11.4 Å². The molecular weight excluding hydrogens is 286 g/mol. The average molecular weight is 299 g/mol. The molecule has 0 bridgehead atoms. The maximum absolute atomic E-state index is 12.4. The standard InChI is InChI=1S/C13H13N7O2/c1-19-12(21)7-4-3-5-8(10(7)13(22)20(19)2)17-18-9(6-14)11(15)16/h3-5,17H,1-2H3,(H3,15,16)/b18-9+. The smallest absolute Gasteiger partial charge is 0.275 e. The highest BCUT2D eigenvalue weighted by atomic mass is 16.2. The van der Waals surface area contributed by atoms with Gasteiger partial charge in [0, 0.05) is 14.1 Å². The molecule has 0 aliphatic rings. The minimum atomic E-state index is -0.501. The Morgan fingerprint density at radius 3 is 2.55 bits per heavy atom. The highest BCUT2D eigenvalue weighted by molar-refractivity contribution is 6.45. The van der Waals surface area contributed by atoms with Crippen molar-refractivity contribution in [3.05, 3.63) is 38.9 Å². The third kappa shape index (κ3) is 2.33. The van der Waals surface area contributed by atoms with Gasteiger partial charge in [0.25, 0.3) is 11.1 Å². The molecule has 0 aliphatic heterocycles. The lowest BCUT2D eigenvalue weighted by Gasteiger charge is -2.10. The molecule has 4 N–H and O–H groups in total. The fraction of sp³-hybridized carbons (Fsp3) is 0.154. The third-order valence-corrected chi connectivity index (χ3v) is 3.20. The summed E-state index contributed by atoms with van der Waals surface area (Å²) in [5, 5.41) is 20.1. The van der Waals surface area contributed by atoms with Crippen LogP contribution in [0.4, 0.5) is 5.69 Å². The van der Waals surface area contributed by atoms with E-state index in [9.17, 15) is 9.59 Å². The summed E-state index contributed by atoms with van der Waals surface area (Å²) in [6.07, 6.45) is 0. The van der Waals surface area contributed by atoms with Crippen molar-refractivity contribution >= 4 is 28.0 Å². The van der Waals surface area contributed by atoms with Gasteiger partial charge in [-0.3, -0.25) is 29.8 Å². The van der Waals surface area contributed by atoms with Crippen LogP contribution in [0.3, 0.4) is 0 Å². The van der Waals surface area contributed by atoms with E-state index in [1.807, 2.05) is 0 Å². The fourth-order valence-electron chi connectivity index (χ4n) is 1.92. The van der Waals surface area contributed by atoms with E-state index in [1.54, 1.807) is 18.2 Å². The number of amidine groups is 1. The number of anilines is 1. The van der Waals surface area contributed by atoms with E-state index in [0.717, 1.165) is 0 Å².